The van der Waals surface area contributed by atoms with Crippen molar-refractivity contribution < 1.29 is 4.79 Å². The normalized spacial score (nSPS) is 19.4. The molecule has 1 unspecified atom stereocenters. The highest BCUT2D eigenvalue weighted by Gasteiger charge is 2.24. The van der Waals surface area contributed by atoms with E-state index in [-0.39, 0.29) is 11.9 Å². The van der Waals surface area contributed by atoms with Crippen LogP contribution in [0.4, 0.5) is 0 Å². The molecule has 104 valence electrons. The summed E-state index contributed by atoms with van der Waals surface area (Å²) in [5.74, 6) is 0.602. The third-order valence-electron chi connectivity index (χ3n) is 3.62. The highest BCUT2D eigenvalue weighted by Crippen LogP contribution is 2.15. The summed E-state index contributed by atoms with van der Waals surface area (Å²) in [5, 5.41) is 3.40. The number of hydrogen-bond donors (Lipinski definition) is 1. The molecule has 1 aromatic rings. The monoisotopic (exact) mass is 261 g/mol. The summed E-state index contributed by atoms with van der Waals surface area (Å²) in [6, 6.07) is 5.69. The Kier molecular flexibility index (Phi) is 4.91. The average molecular weight is 261 g/mol. The largest absolute Gasteiger partial charge is 0.335 e. The topological polar surface area (TPSA) is 45.2 Å². The van der Waals surface area contributed by atoms with Gasteiger partial charge in [-0.3, -0.25) is 9.78 Å². The number of rotatable bonds is 4. The van der Waals surface area contributed by atoms with Crippen LogP contribution in [0.1, 0.15) is 37.2 Å². The first-order valence-corrected chi connectivity index (χ1v) is 7.11. The molecule has 1 aromatic heterocycles. The predicted octanol–water partition coefficient (Wildman–Crippen LogP) is 1.93. The molecule has 1 aliphatic heterocycles. The molecule has 4 heteroatoms. The highest BCUT2D eigenvalue weighted by molar-refractivity contribution is 5.92. The molecule has 4 nitrogen and oxygen atoms in total. The lowest BCUT2D eigenvalue weighted by Crippen LogP contribution is -2.44. The van der Waals surface area contributed by atoms with Gasteiger partial charge in [-0.2, -0.15) is 0 Å². The lowest BCUT2D eigenvalue weighted by atomic mass is 9.98. The first-order valence-electron chi connectivity index (χ1n) is 7.11. The van der Waals surface area contributed by atoms with E-state index in [0.717, 1.165) is 19.6 Å². The maximum absolute atomic E-state index is 12.5. The van der Waals surface area contributed by atoms with Gasteiger partial charge in [-0.15, -0.1) is 0 Å². The van der Waals surface area contributed by atoms with E-state index in [4.69, 9.17) is 0 Å². The number of carbonyl (C=O) groups is 1. The summed E-state index contributed by atoms with van der Waals surface area (Å²) >= 11 is 0. The molecule has 0 aliphatic carbocycles. The number of pyridine rings is 1. The van der Waals surface area contributed by atoms with Gasteiger partial charge in [0, 0.05) is 18.8 Å². The summed E-state index contributed by atoms with van der Waals surface area (Å²) in [6.07, 6.45) is 4.08. The van der Waals surface area contributed by atoms with Crippen molar-refractivity contribution in [2.75, 3.05) is 19.6 Å². The molecular weight excluding hydrogens is 238 g/mol. The second-order valence-corrected chi connectivity index (χ2v) is 5.48. The van der Waals surface area contributed by atoms with Crippen molar-refractivity contribution in [1.29, 1.82) is 0 Å². The van der Waals surface area contributed by atoms with Gasteiger partial charge >= 0.3 is 0 Å². The number of nitrogens with zero attached hydrogens (tertiary/aromatic N) is 2. The van der Waals surface area contributed by atoms with Crippen LogP contribution < -0.4 is 5.32 Å². The van der Waals surface area contributed by atoms with Gasteiger partial charge in [-0.1, -0.05) is 6.07 Å². The molecule has 0 bridgehead atoms. The zero-order valence-corrected chi connectivity index (χ0v) is 11.8. The minimum Gasteiger partial charge on any atom is -0.335 e. The number of aromatic nitrogens is 1. The van der Waals surface area contributed by atoms with Gasteiger partial charge in [-0.05, 0) is 57.8 Å². The van der Waals surface area contributed by atoms with Crippen molar-refractivity contribution in [3.8, 4) is 0 Å². The number of hydrogen-bond acceptors (Lipinski definition) is 3. The zero-order valence-electron chi connectivity index (χ0n) is 11.8. The maximum Gasteiger partial charge on any atom is 0.272 e. The molecule has 2 heterocycles. The zero-order chi connectivity index (χ0) is 13.7. The molecule has 2 rings (SSSR count). The average Bonchev–Trinajstić information content (AvgIpc) is 2.46. The Bertz CT molecular complexity index is 399. The van der Waals surface area contributed by atoms with Crippen molar-refractivity contribution in [3.05, 3.63) is 30.1 Å². The smallest absolute Gasteiger partial charge is 0.272 e. The van der Waals surface area contributed by atoms with E-state index in [0.29, 0.717) is 11.6 Å². The highest BCUT2D eigenvalue weighted by atomic mass is 16.2. The second kappa shape index (κ2) is 6.66. The minimum atomic E-state index is 0.0428. The number of carbonyl (C=O) groups excluding carboxylic acids is 1. The molecule has 0 spiro atoms. The van der Waals surface area contributed by atoms with Gasteiger partial charge in [0.15, 0.2) is 0 Å². The summed E-state index contributed by atoms with van der Waals surface area (Å²) in [7, 11) is 0. The van der Waals surface area contributed by atoms with Crippen LogP contribution in [0, 0.1) is 5.92 Å². The SMILES string of the molecule is CC(C)N(CC1CCCNC1)C(=O)c1ccccn1. The first kappa shape index (κ1) is 14.0. The van der Waals surface area contributed by atoms with Crippen LogP contribution in [0.3, 0.4) is 0 Å². The summed E-state index contributed by atoms with van der Waals surface area (Å²) in [6.45, 7) is 7.07. The Labute approximate surface area is 115 Å². The summed E-state index contributed by atoms with van der Waals surface area (Å²) < 4.78 is 0. The van der Waals surface area contributed by atoms with Crippen molar-refractivity contribution >= 4 is 5.91 Å². The van der Waals surface area contributed by atoms with E-state index in [1.807, 2.05) is 17.0 Å². The van der Waals surface area contributed by atoms with Gasteiger partial charge in [0.25, 0.3) is 5.91 Å². The molecule has 1 aliphatic rings. The molecule has 0 radical (unpaired) electrons. The van der Waals surface area contributed by atoms with E-state index >= 15 is 0 Å². The predicted molar refractivity (Wildman–Crippen MR) is 76.0 cm³/mol. The van der Waals surface area contributed by atoms with Gasteiger partial charge in [0.1, 0.15) is 5.69 Å². The molecule has 1 fully saturated rings. The van der Waals surface area contributed by atoms with E-state index < -0.39 is 0 Å². The van der Waals surface area contributed by atoms with Crippen LogP contribution >= 0.6 is 0 Å². The maximum atomic E-state index is 12.5. The van der Waals surface area contributed by atoms with E-state index in [1.165, 1.54) is 12.8 Å². The molecule has 1 saturated heterocycles. The van der Waals surface area contributed by atoms with Crippen LogP contribution in [-0.2, 0) is 0 Å². The molecular formula is C15H23N3O. The van der Waals surface area contributed by atoms with Crippen molar-refractivity contribution in [2.45, 2.75) is 32.7 Å². The van der Waals surface area contributed by atoms with E-state index in [1.54, 1.807) is 12.3 Å². The van der Waals surface area contributed by atoms with E-state index in [2.05, 4.69) is 24.1 Å². The Balaban J connectivity index is 2.05. The lowest BCUT2D eigenvalue weighted by molar-refractivity contribution is 0.0655. The quantitative estimate of drug-likeness (QED) is 0.901. The third-order valence-corrected chi connectivity index (χ3v) is 3.62. The van der Waals surface area contributed by atoms with Gasteiger partial charge in [0.2, 0.25) is 0 Å². The molecule has 0 aromatic carbocycles. The van der Waals surface area contributed by atoms with Crippen molar-refractivity contribution in [3.63, 3.8) is 0 Å². The summed E-state index contributed by atoms with van der Waals surface area (Å²) in [5.41, 5.74) is 0.542. The third kappa shape index (κ3) is 3.77. The van der Waals surface area contributed by atoms with Crippen LogP contribution in [0.5, 0.6) is 0 Å². The van der Waals surface area contributed by atoms with Gasteiger partial charge < -0.3 is 10.2 Å². The fraction of sp³-hybridized carbons (Fsp3) is 0.600. The van der Waals surface area contributed by atoms with Crippen molar-refractivity contribution in [1.82, 2.24) is 15.2 Å². The van der Waals surface area contributed by atoms with Gasteiger partial charge in [0.05, 0.1) is 0 Å². The Hall–Kier alpha value is -1.42. The first-order chi connectivity index (χ1) is 9.18. The van der Waals surface area contributed by atoms with Crippen LogP contribution in [-0.4, -0.2) is 41.5 Å². The second-order valence-electron chi connectivity index (χ2n) is 5.48. The van der Waals surface area contributed by atoms with Crippen LogP contribution in [0.15, 0.2) is 24.4 Å². The lowest BCUT2D eigenvalue weighted by Gasteiger charge is -2.32. The Morgan fingerprint density at radius 1 is 1.53 bits per heavy atom. The molecule has 1 N–H and O–H groups in total. The fourth-order valence-corrected chi connectivity index (χ4v) is 2.52. The Morgan fingerprint density at radius 2 is 2.37 bits per heavy atom. The number of nitrogens with one attached hydrogen (secondary N) is 1. The van der Waals surface area contributed by atoms with Crippen molar-refractivity contribution in [2.24, 2.45) is 5.92 Å². The van der Waals surface area contributed by atoms with Crippen LogP contribution in [0.2, 0.25) is 0 Å². The number of piperidine rings is 1. The van der Waals surface area contributed by atoms with Gasteiger partial charge in [-0.25, -0.2) is 0 Å². The van der Waals surface area contributed by atoms with Crippen LogP contribution in [0.25, 0.3) is 0 Å². The minimum absolute atomic E-state index is 0.0428. The molecule has 0 saturated carbocycles. The summed E-state index contributed by atoms with van der Waals surface area (Å²) in [4.78, 5) is 18.6. The fourth-order valence-electron chi connectivity index (χ4n) is 2.52. The molecule has 19 heavy (non-hydrogen) atoms. The number of amides is 1. The molecule has 1 atom stereocenters. The standard InChI is InChI=1S/C15H23N3O/c1-12(2)18(11-13-6-5-8-16-10-13)15(19)14-7-3-4-9-17-14/h3-4,7,9,12-13,16H,5-6,8,10-11H2,1-2H3. The Morgan fingerprint density at radius 3 is 2.95 bits per heavy atom. The molecule has 1 amide bonds. The van der Waals surface area contributed by atoms with E-state index in [9.17, 15) is 4.79 Å².